The molecular weight excluding hydrogens is 204 g/mol. The molecule has 0 saturated carbocycles. The van der Waals surface area contributed by atoms with Crippen LogP contribution in [0.4, 0.5) is 5.82 Å². The van der Waals surface area contributed by atoms with E-state index >= 15 is 0 Å². The molecule has 0 fully saturated rings. The van der Waals surface area contributed by atoms with Gasteiger partial charge in [0, 0.05) is 26.4 Å². The lowest BCUT2D eigenvalue weighted by atomic mass is 10.4. The van der Waals surface area contributed by atoms with Gasteiger partial charge in [0.25, 0.3) is 0 Å². The van der Waals surface area contributed by atoms with Crippen LogP contribution < -0.4 is 5.32 Å². The van der Waals surface area contributed by atoms with Crippen molar-refractivity contribution in [2.45, 2.75) is 6.92 Å². The van der Waals surface area contributed by atoms with Crippen LogP contribution in [0, 0.1) is 0 Å². The number of nitrogens with zero attached hydrogens (tertiary/aromatic N) is 3. The fraction of sp³-hybridized carbons (Fsp3) is 0.455. The van der Waals surface area contributed by atoms with Crippen molar-refractivity contribution in [1.29, 1.82) is 0 Å². The highest BCUT2D eigenvalue weighted by molar-refractivity contribution is 5.85. The van der Waals surface area contributed by atoms with Gasteiger partial charge in [-0.05, 0) is 13.0 Å². The maximum Gasteiger partial charge on any atom is 0.154 e. The minimum Gasteiger partial charge on any atom is -0.380 e. The van der Waals surface area contributed by atoms with E-state index in [4.69, 9.17) is 4.74 Å². The lowest BCUT2D eigenvalue weighted by molar-refractivity contribution is 0.158. The zero-order valence-electron chi connectivity index (χ0n) is 9.60. The number of fused-ring (bicyclic) bond motifs is 1. The fourth-order valence-electron chi connectivity index (χ4n) is 1.58. The monoisotopic (exact) mass is 220 g/mol. The van der Waals surface area contributed by atoms with E-state index in [1.54, 1.807) is 12.5 Å². The first-order valence-corrected chi connectivity index (χ1v) is 5.40. The lowest BCUT2D eigenvalue weighted by Gasteiger charge is -2.06. The molecule has 0 spiro atoms. The predicted molar refractivity (Wildman–Crippen MR) is 63.5 cm³/mol. The summed E-state index contributed by atoms with van der Waals surface area (Å²) in [5.74, 6) is 0.817. The van der Waals surface area contributed by atoms with Crippen LogP contribution in [0.3, 0.4) is 0 Å². The molecule has 0 saturated heterocycles. The summed E-state index contributed by atoms with van der Waals surface area (Å²) in [4.78, 5) is 8.59. The maximum absolute atomic E-state index is 5.26. The van der Waals surface area contributed by atoms with Crippen LogP contribution in [0.2, 0.25) is 0 Å². The van der Waals surface area contributed by atoms with Gasteiger partial charge in [-0.15, -0.1) is 0 Å². The van der Waals surface area contributed by atoms with Crippen LogP contribution >= 0.6 is 0 Å². The number of ether oxygens (including phenoxy) is 1. The normalized spacial score (nSPS) is 10.9. The molecule has 0 atom stereocenters. The Balaban J connectivity index is 2.11. The molecule has 2 heterocycles. The van der Waals surface area contributed by atoms with Crippen LogP contribution in [0.1, 0.15) is 6.92 Å². The van der Waals surface area contributed by atoms with E-state index in [-0.39, 0.29) is 0 Å². The molecule has 1 N–H and O–H groups in total. The van der Waals surface area contributed by atoms with Crippen LogP contribution in [0.5, 0.6) is 0 Å². The van der Waals surface area contributed by atoms with Crippen molar-refractivity contribution < 1.29 is 4.74 Å². The molecule has 2 aromatic rings. The van der Waals surface area contributed by atoms with Crippen LogP contribution in [0.25, 0.3) is 11.0 Å². The number of rotatable bonds is 5. The predicted octanol–water partition coefficient (Wildman–Crippen LogP) is 1.42. The van der Waals surface area contributed by atoms with Gasteiger partial charge in [0.1, 0.15) is 5.52 Å². The van der Waals surface area contributed by atoms with Crippen molar-refractivity contribution in [2.75, 3.05) is 25.1 Å². The molecule has 16 heavy (non-hydrogen) atoms. The highest BCUT2D eigenvalue weighted by atomic mass is 16.5. The Morgan fingerprint density at radius 1 is 1.44 bits per heavy atom. The summed E-state index contributed by atoms with van der Waals surface area (Å²) >= 11 is 0. The average molecular weight is 220 g/mol. The van der Waals surface area contributed by atoms with Crippen molar-refractivity contribution in [1.82, 2.24) is 14.5 Å². The zero-order valence-corrected chi connectivity index (χ0v) is 9.60. The summed E-state index contributed by atoms with van der Waals surface area (Å²) < 4.78 is 7.23. The first-order valence-electron chi connectivity index (χ1n) is 5.40. The van der Waals surface area contributed by atoms with E-state index in [2.05, 4.69) is 15.3 Å². The van der Waals surface area contributed by atoms with Gasteiger partial charge in [-0.3, -0.25) is 0 Å². The van der Waals surface area contributed by atoms with Crippen molar-refractivity contribution in [3.63, 3.8) is 0 Å². The molecule has 0 aliphatic heterocycles. The van der Waals surface area contributed by atoms with Crippen molar-refractivity contribution in [3.8, 4) is 0 Å². The summed E-state index contributed by atoms with van der Waals surface area (Å²) in [5.41, 5.74) is 1.98. The third-order valence-corrected chi connectivity index (χ3v) is 2.39. The Morgan fingerprint density at radius 3 is 3.12 bits per heavy atom. The molecule has 2 rings (SSSR count). The summed E-state index contributed by atoms with van der Waals surface area (Å²) in [6.07, 6.45) is 3.58. The van der Waals surface area contributed by atoms with E-state index in [9.17, 15) is 0 Å². The SMILES string of the molecule is CCOCCNc1nccc2c1ncn2C. The quantitative estimate of drug-likeness (QED) is 0.774. The molecule has 0 aliphatic carbocycles. The number of nitrogens with one attached hydrogen (secondary N) is 1. The van der Waals surface area contributed by atoms with Crippen molar-refractivity contribution in [3.05, 3.63) is 18.6 Å². The zero-order chi connectivity index (χ0) is 11.4. The van der Waals surface area contributed by atoms with Gasteiger partial charge in [0.05, 0.1) is 18.5 Å². The molecule has 86 valence electrons. The van der Waals surface area contributed by atoms with E-state index < -0.39 is 0 Å². The molecule has 0 aromatic carbocycles. The number of hydrogen-bond acceptors (Lipinski definition) is 4. The van der Waals surface area contributed by atoms with Crippen molar-refractivity contribution in [2.24, 2.45) is 7.05 Å². The third-order valence-electron chi connectivity index (χ3n) is 2.39. The largest absolute Gasteiger partial charge is 0.380 e. The summed E-state index contributed by atoms with van der Waals surface area (Å²) in [6.45, 7) is 4.15. The molecule has 0 radical (unpaired) electrons. The number of hydrogen-bond donors (Lipinski definition) is 1. The highest BCUT2D eigenvalue weighted by Gasteiger charge is 2.05. The van der Waals surface area contributed by atoms with Gasteiger partial charge in [0.2, 0.25) is 0 Å². The van der Waals surface area contributed by atoms with Crippen LogP contribution in [-0.4, -0.2) is 34.3 Å². The average Bonchev–Trinajstić information content (AvgIpc) is 2.68. The smallest absolute Gasteiger partial charge is 0.154 e. The standard InChI is InChI=1S/C11H16N4O/c1-3-16-7-6-13-11-10-9(4-5-12-11)15(2)8-14-10/h4-5,8H,3,6-7H2,1-2H3,(H,12,13). The molecule has 0 amide bonds. The van der Waals surface area contributed by atoms with Gasteiger partial charge in [-0.1, -0.05) is 0 Å². The first-order chi connectivity index (χ1) is 7.83. The van der Waals surface area contributed by atoms with E-state index in [1.807, 2.05) is 24.6 Å². The summed E-state index contributed by atoms with van der Waals surface area (Å²) in [7, 11) is 1.97. The Kier molecular flexibility index (Phi) is 3.36. The molecule has 5 heteroatoms. The Bertz CT molecular complexity index is 466. The minimum atomic E-state index is 0.682. The van der Waals surface area contributed by atoms with Gasteiger partial charge in [-0.2, -0.15) is 0 Å². The highest BCUT2D eigenvalue weighted by Crippen LogP contribution is 2.17. The number of aryl methyl sites for hydroxylation is 1. The maximum atomic E-state index is 5.26. The third kappa shape index (κ3) is 2.14. The summed E-state index contributed by atoms with van der Waals surface area (Å²) in [6, 6.07) is 1.95. The number of aromatic nitrogens is 3. The Morgan fingerprint density at radius 2 is 2.31 bits per heavy atom. The summed E-state index contributed by atoms with van der Waals surface area (Å²) in [5, 5.41) is 3.22. The van der Waals surface area contributed by atoms with Gasteiger partial charge in [-0.25, -0.2) is 9.97 Å². The van der Waals surface area contributed by atoms with Gasteiger partial charge >= 0.3 is 0 Å². The molecule has 0 unspecified atom stereocenters. The molecular formula is C11H16N4O. The second-order valence-corrected chi connectivity index (χ2v) is 3.51. The number of anilines is 1. The molecule has 5 nitrogen and oxygen atoms in total. The van der Waals surface area contributed by atoms with Crippen molar-refractivity contribution >= 4 is 16.9 Å². The molecule has 0 aliphatic rings. The number of pyridine rings is 1. The second-order valence-electron chi connectivity index (χ2n) is 3.51. The second kappa shape index (κ2) is 4.94. The topological polar surface area (TPSA) is 52.0 Å². The Labute approximate surface area is 94.5 Å². The molecule has 0 bridgehead atoms. The van der Waals surface area contributed by atoms with Gasteiger partial charge in [0.15, 0.2) is 5.82 Å². The van der Waals surface area contributed by atoms with E-state index in [0.29, 0.717) is 6.61 Å². The first kappa shape index (κ1) is 10.9. The molecule has 2 aromatic heterocycles. The fourth-order valence-corrected chi connectivity index (χ4v) is 1.58. The lowest BCUT2D eigenvalue weighted by Crippen LogP contribution is -2.10. The van der Waals surface area contributed by atoms with Gasteiger partial charge < -0.3 is 14.6 Å². The van der Waals surface area contributed by atoms with Crippen LogP contribution in [-0.2, 0) is 11.8 Å². The van der Waals surface area contributed by atoms with E-state index in [0.717, 1.165) is 30.0 Å². The number of imidazole rings is 1. The minimum absolute atomic E-state index is 0.682. The Hall–Kier alpha value is -1.62. The van der Waals surface area contributed by atoms with E-state index in [1.165, 1.54) is 0 Å². The van der Waals surface area contributed by atoms with Crippen LogP contribution in [0.15, 0.2) is 18.6 Å².